The van der Waals surface area contributed by atoms with Crippen LogP contribution < -0.4 is 14.9 Å². The maximum atomic E-state index is 11.7. The van der Waals surface area contributed by atoms with Crippen LogP contribution in [-0.4, -0.2) is 30.9 Å². The minimum atomic E-state index is -0.377. The van der Waals surface area contributed by atoms with Crippen LogP contribution in [0.25, 0.3) is 0 Å². The molecule has 0 spiro atoms. The molecule has 0 saturated heterocycles. The zero-order valence-electron chi connectivity index (χ0n) is 13.2. The zero-order chi connectivity index (χ0) is 17.5. The average Bonchev–Trinajstić information content (AvgIpc) is 2.56. The molecule has 126 valence electrons. The number of aryl methyl sites for hydroxylation is 1. The third-order valence-electron chi connectivity index (χ3n) is 3.03. The van der Waals surface area contributed by atoms with E-state index in [1.165, 1.54) is 13.3 Å². The number of nitrogens with one attached hydrogen (secondary N) is 1. The highest BCUT2D eigenvalue weighted by Gasteiger charge is 2.07. The number of amides is 1. The van der Waals surface area contributed by atoms with E-state index in [-0.39, 0.29) is 18.3 Å². The van der Waals surface area contributed by atoms with Crippen LogP contribution in [0.5, 0.6) is 17.2 Å². The Morgan fingerprint density at radius 1 is 1.38 bits per heavy atom. The first kappa shape index (κ1) is 17.8. The molecule has 0 saturated carbocycles. The van der Waals surface area contributed by atoms with Crippen molar-refractivity contribution in [1.82, 2.24) is 5.43 Å². The van der Waals surface area contributed by atoms with Gasteiger partial charge in [-0.05, 0) is 58.2 Å². The van der Waals surface area contributed by atoms with Crippen LogP contribution in [0.4, 0.5) is 0 Å². The van der Waals surface area contributed by atoms with E-state index in [0.717, 1.165) is 5.56 Å². The molecule has 0 heterocycles. The largest absolute Gasteiger partial charge is 0.503 e. The molecule has 2 aromatic rings. The number of carbonyl (C=O) groups excluding carboxylic acids is 1. The highest BCUT2D eigenvalue weighted by molar-refractivity contribution is 9.10. The Hall–Kier alpha value is -2.54. The van der Waals surface area contributed by atoms with Crippen LogP contribution in [0.3, 0.4) is 0 Å². The van der Waals surface area contributed by atoms with Crippen LogP contribution in [-0.2, 0) is 4.79 Å². The molecule has 2 aromatic carbocycles. The summed E-state index contributed by atoms with van der Waals surface area (Å²) in [7, 11) is 1.45. The number of hydrogen-bond donors (Lipinski definition) is 2. The number of phenols is 1. The first-order valence-corrected chi connectivity index (χ1v) is 7.86. The van der Waals surface area contributed by atoms with Crippen LogP contribution in [0.2, 0.25) is 0 Å². The Kier molecular flexibility index (Phi) is 6.20. The van der Waals surface area contributed by atoms with E-state index in [9.17, 15) is 9.90 Å². The van der Waals surface area contributed by atoms with E-state index in [1.807, 2.05) is 25.1 Å². The van der Waals surface area contributed by atoms with Crippen LogP contribution >= 0.6 is 15.9 Å². The van der Waals surface area contributed by atoms with Gasteiger partial charge in [-0.3, -0.25) is 4.79 Å². The SMILES string of the molecule is COc1cc(/C=N\NC(=O)COc2cccc(C)c2)cc(Br)c1O. The van der Waals surface area contributed by atoms with Gasteiger partial charge in [0, 0.05) is 0 Å². The predicted molar refractivity (Wildman–Crippen MR) is 94.8 cm³/mol. The number of nitrogens with zero attached hydrogens (tertiary/aromatic N) is 1. The number of phenolic OH excluding ortho intramolecular Hbond substituents is 1. The topological polar surface area (TPSA) is 80.2 Å². The predicted octanol–water partition coefficient (Wildman–Crippen LogP) is 3.00. The van der Waals surface area contributed by atoms with Gasteiger partial charge in [-0.25, -0.2) is 5.43 Å². The lowest BCUT2D eigenvalue weighted by Crippen LogP contribution is -2.24. The van der Waals surface area contributed by atoms with Gasteiger partial charge in [-0.1, -0.05) is 12.1 Å². The summed E-state index contributed by atoms with van der Waals surface area (Å²) in [6, 6.07) is 10.7. The number of methoxy groups -OCH3 is 1. The first-order valence-electron chi connectivity index (χ1n) is 7.07. The molecule has 0 unspecified atom stereocenters. The molecule has 0 aromatic heterocycles. The summed E-state index contributed by atoms with van der Waals surface area (Å²) in [6.07, 6.45) is 1.44. The van der Waals surface area contributed by atoms with Crippen LogP contribution in [0, 0.1) is 6.92 Å². The Labute approximate surface area is 148 Å². The average molecular weight is 393 g/mol. The lowest BCUT2D eigenvalue weighted by molar-refractivity contribution is -0.123. The van der Waals surface area contributed by atoms with Gasteiger partial charge < -0.3 is 14.6 Å². The van der Waals surface area contributed by atoms with Crippen molar-refractivity contribution < 1.29 is 19.4 Å². The Morgan fingerprint density at radius 3 is 2.88 bits per heavy atom. The minimum absolute atomic E-state index is 0.00485. The Bertz CT molecular complexity index is 762. The van der Waals surface area contributed by atoms with Gasteiger partial charge in [0.2, 0.25) is 0 Å². The van der Waals surface area contributed by atoms with Gasteiger partial charge in [0.1, 0.15) is 5.75 Å². The van der Waals surface area contributed by atoms with E-state index in [0.29, 0.717) is 21.5 Å². The molecular weight excluding hydrogens is 376 g/mol. The van der Waals surface area contributed by atoms with Gasteiger partial charge in [0.25, 0.3) is 5.91 Å². The van der Waals surface area contributed by atoms with Crippen molar-refractivity contribution in [3.05, 3.63) is 52.0 Å². The van der Waals surface area contributed by atoms with Gasteiger partial charge in [-0.15, -0.1) is 0 Å². The molecule has 0 fully saturated rings. The lowest BCUT2D eigenvalue weighted by atomic mass is 10.2. The molecule has 0 aliphatic rings. The second-order valence-corrected chi connectivity index (χ2v) is 5.81. The molecule has 24 heavy (non-hydrogen) atoms. The fourth-order valence-electron chi connectivity index (χ4n) is 1.89. The third kappa shape index (κ3) is 4.99. The number of benzene rings is 2. The molecule has 0 aliphatic heterocycles. The molecule has 6 nitrogen and oxygen atoms in total. The maximum Gasteiger partial charge on any atom is 0.277 e. The summed E-state index contributed by atoms with van der Waals surface area (Å²) in [5, 5.41) is 13.6. The number of hydrazone groups is 1. The monoisotopic (exact) mass is 392 g/mol. The molecule has 2 N–H and O–H groups in total. The van der Waals surface area contributed by atoms with Crippen molar-refractivity contribution in [2.45, 2.75) is 6.92 Å². The molecule has 0 radical (unpaired) electrons. The lowest BCUT2D eigenvalue weighted by Gasteiger charge is -2.07. The fourth-order valence-corrected chi connectivity index (χ4v) is 2.35. The van der Waals surface area contributed by atoms with Crippen molar-refractivity contribution in [3.63, 3.8) is 0 Å². The highest BCUT2D eigenvalue weighted by atomic mass is 79.9. The minimum Gasteiger partial charge on any atom is -0.503 e. The summed E-state index contributed by atoms with van der Waals surface area (Å²) >= 11 is 3.22. The van der Waals surface area contributed by atoms with Crippen LogP contribution in [0.1, 0.15) is 11.1 Å². The molecule has 0 atom stereocenters. The third-order valence-corrected chi connectivity index (χ3v) is 3.64. The second kappa shape index (κ2) is 8.35. The van der Waals surface area contributed by atoms with E-state index >= 15 is 0 Å². The maximum absolute atomic E-state index is 11.7. The Balaban J connectivity index is 1.89. The molecular formula is C17H17BrN2O4. The highest BCUT2D eigenvalue weighted by Crippen LogP contribution is 2.34. The first-order chi connectivity index (χ1) is 11.5. The molecule has 7 heteroatoms. The van der Waals surface area contributed by atoms with E-state index < -0.39 is 0 Å². The van der Waals surface area contributed by atoms with Gasteiger partial charge >= 0.3 is 0 Å². The quantitative estimate of drug-likeness (QED) is 0.584. The summed E-state index contributed by atoms with van der Waals surface area (Å²) in [5.74, 6) is 0.559. The number of ether oxygens (including phenoxy) is 2. The fraction of sp³-hybridized carbons (Fsp3) is 0.176. The summed E-state index contributed by atoms with van der Waals surface area (Å²) in [4.78, 5) is 11.7. The summed E-state index contributed by atoms with van der Waals surface area (Å²) in [6.45, 7) is 1.81. The number of halogens is 1. The van der Waals surface area contributed by atoms with Crippen molar-refractivity contribution in [3.8, 4) is 17.2 Å². The zero-order valence-corrected chi connectivity index (χ0v) is 14.8. The Morgan fingerprint density at radius 2 is 2.17 bits per heavy atom. The van der Waals surface area contributed by atoms with E-state index in [4.69, 9.17) is 9.47 Å². The normalized spacial score (nSPS) is 10.6. The number of rotatable bonds is 6. The molecule has 0 bridgehead atoms. The smallest absolute Gasteiger partial charge is 0.277 e. The molecule has 1 amide bonds. The van der Waals surface area contributed by atoms with E-state index in [1.54, 1.807) is 18.2 Å². The molecule has 2 rings (SSSR count). The van der Waals surface area contributed by atoms with Crippen molar-refractivity contribution in [2.75, 3.05) is 13.7 Å². The molecule has 0 aliphatic carbocycles. The van der Waals surface area contributed by atoms with Crippen molar-refractivity contribution >= 4 is 28.1 Å². The van der Waals surface area contributed by atoms with Gasteiger partial charge in [-0.2, -0.15) is 5.10 Å². The van der Waals surface area contributed by atoms with E-state index in [2.05, 4.69) is 26.5 Å². The number of aromatic hydroxyl groups is 1. The van der Waals surface area contributed by atoms with Gasteiger partial charge in [0.15, 0.2) is 18.1 Å². The second-order valence-electron chi connectivity index (χ2n) is 4.95. The van der Waals surface area contributed by atoms with Gasteiger partial charge in [0.05, 0.1) is 17.8 Å². The standard InChI is InChI=1S/C17H17BrN2O4/c1-11-4-3-5-13(6-11)24-10-16(21)20-19-9-12-7-14(18)17(22)15(8-12)23-2/h3-9,22H,10H2,1-2H3,(H,20,21)/b19-9-. The van der Waals surface area contributed by atoms with Crippen molar-refractivity contribution in [1.29, 1.82) is 0 Å². The summed E-state index contributed by atoms with van der Waals surface area (Å²) < 4.78 is 10.9. The summed E-state index contributed by atoms with van der Waals surface area (Å²) in [5.41, 5.74) is 4.08. The number of hydrogen-bond acceptors (Lipinski definition) is 5. The van der Waals surface area contributed by atoms with Crippen LogP contribution in [0.15, 0.2) is 46.0 Å². The van der Waals surface area contributed by atoms with Crippen molar-refractivity contribution in [2.24, 2.45) is 5.10 Å². The number of carbonyl (C=O) groups is 1.